The molecule has 0 radical (unpaired) electrons. The summed E-state index contributed by atoms with van der Waals surface area (Å²) in [5, 5.41) is 6.30. The Kier molecular flexibility index (Phi) is 7.18. The lowest BCUT2D eigenvalue weighted by Crippen LogP contribution is -2.24. The lowest BCUT2D eigenvalue weighted by molar-refractivity contribution is 0.0951. The van der Waals surface area contributed by atoms with E-state index in [-0.39, 0.29) is 10.8 Å². The van der Waals surface area contributed by atoms with Gasteiger partial charge in [0.25, 0.3) is 5.91 Å². The zero-order valence-corrected chi connectivity index (χ0v) is 20.8. The van der Waals surface area contributed by atoms with Gasteiger partial charge < -0.3 is 15.2 Å². The van der Waals surface area contributed by atoms with Crippen LogP contribution in [0.2, 0.25) is 0 Å². The molecular formula is C26H29N5O3S. The number of hydrogen-bond acceptors (Lipinski definition) is 5. The van der Waals surface area contributed by atoms with E-state index < -0.39 is 10.0 Å². The fourth-order valence-electron chi connectivity index (χ4n) is 3.90. The molecule has 0 bridgehead atoms. The predicted octanol–water partition coefficient (Wildman–Crippen LogP) is 3.85. The van der Waals surface area contributed by atoms with Crippen LogP contribution in [0.15, 0.2) is 77.7 Å². The molecule has 4 rings (SSSR count). The van der Waals surface area contributed by atoms with Gasteiger partial charge in [-0.15, -0.1) is 0 Å². The van der Waals surface area contributed by atoms with Gasteiger partial charge in [-0.1, -0.05) is 42.5 Å². The van der Waals surface area contributed by atoms with E-state index in [1.807, 2.05) is 60.0 Å². The fourth-order valence-corrected chi connectivity index (χ4v) is 4.82. The molecule has 8 nitrogen and oxygen atoms in total. The van der Waals surface area contributed by atoms with E-state index in [1.54, 1.807) is 24.3 Å². The molecule has 0 fully saturated rings. The third-order valence-corrected chi connectivity index (χ3v) is 7.61. The number of sulfonamides is 1. The maximum atomic E-state index is 12.9. The molecule has 0 aliphatic carbocycles. The molecule has 0 spiro atoms. The molecule has 0 unspecified atom stereocenters. The quantitative estimate of drug-likeness (QED) is 0.371. The number of carbonyl (C=O) groups excluding carboxylic acids is 1. The fraction of sp³-hybridized carbons (Fsp3) is 0.231. The standard InChI is InChI=1S/C26H29N5O3S/c1-4-31-24-15-14-20(35(33,34)30(2)3)16-23(24)29-25(31)18-27-22-13-9-8-12-21(22)26(32)28-17-19-10-6-5-7-11-19/h5-16,27H,4,17-18H2,1-3H3,(H,28,32). The third kappa shape index (κ3) is 5.21. The highest BCUT2D eigenvalue weighted by Gasteiger charge is 2.20. The number of fused-ring (bicyclic) bond motifs is 1. The molecule has 4 aromatic rings. The maximum Gasteiger partial charge on any atom is 0.253 e. The number of anilines is 1. The van der Waals surface area contributed by atoms with E-state index in [1.165, 1.54) is 18.4 Å². The van der Waals surface area contributed by atoms with Crippen LogP contribution in [0.5, 0.6) is 0 Å². The molecule has 0 aliphatic rings. The maximum absolute atomic E-state index is 12.9. The Bertz CT molecular complexity index is 1450. The summed E-state index contributed by atoms with van der Waals surface area (Å²) in [6.45, 7) is 3.51. The van der Waals surface area contributed by atoms with Gasteiger partial charge in [0, 0.05) is 32.9 Å². The number of carbonyl (C=O) groups is 1. The van der Waals surface area contributed by atoms with Crippen LogP contribution in [0, 0.1) is 0 Å². The summed E-state index contributed by atoms with van der Waals surface area (Å²) in [4.78, 5) is 17.8. The normalized spacial score (nSPS) is 11.7. The number of hydrogen-bond donors (Lipinski definition) is 2. The summed E-state index contributed by atoms with van der Waals surface area (Å²) < 4.78 is 28.3. The van der Waals surface area contributed by atoms with E-state index >= 15 is 0 Å². The van der Waals surface area contributed by atoms with Crippen LogP contribution in [-0.4, -0.2) is 42.3 Å². The molecule has 9 heteroatoms. The van der Waals surface area contributed by atoms with E-state index in [4.69, 9.17) is 4.98 Å². The van der Waals surface area contributed by atoms with Crippen molar-refractivity contribution in [3.63, 3.8) is 0 Å². The first-order valence-corrected chi connectivity index (χ1v) is 12.8. The van der Waals surface area contributed by atoms with Crippen LogP contribution in [0.4, 0.5) is 5.69 Å². The Balaban J connectivity index is 1.55. The Morgan fingerprint density at radius 1 is 0.971 bits per heavy atom. The van der Waals surface area contributed by atoms with E-state index in [0.29, 0.717) is 36.4 Å². The smallest absolute Gasteiger partial charge is 0.253 e. The van der Waals surface area contributed by atoms with Gasteiger partial charge in [0.05, 0.1) is 28.0 Å². The van der Waals surface area contributed by atoms with Crippen molar-refractivity contribution in [3.8, 4) is 0 Å². The molecule has 0 saturated heterocycles. The van der Waals surface area contributed by atoms with Crippen molar-refractivity contribution in [1.29, 1.82) is 0 Å². The second-order valence-electron chi connectivity index (χ2n) is 8.28. The molecular weight excluding hydrogens is 462 g/mol. The number of aromatic nitrogens is 2. The number of aryl methyl sites for hydroxylation is 1. The highest BCUT2D eigenvalue weighted by atomic mass is 32.2. The number of rotatable bonds is 9. The number of benzene rings is 3. The minimum absolute atomic E-state index is 0.167. The van der Waals surface area contributed by atoms with Gasteiger partial charge in [-0.05, 0) is 42.8 Å². The van der Waals surface area contributed by atoms with Crippen LogP contribution in [0.3, 0.4) is 0 Å². The van der Waals surface area contributed by atoms with Gasteiger partial charge in [-0.2, -0.15) is 0 Å². The van der Waals surface area contributed by atoms with Crippen LogP contribution in [0.1, 0.15) is 28.7 Å². The first kappa shape index (κ1) is 24.4. The van der Waals surface area contributed by atoms with Gasteiger partial charge in [0.15, 0.2) is 0 Å². The van der Waals surface area contributed by atoms with Gasteiger partial charge in [0.2, 0.25) is 10.0 Å². The number of nitrogens with zero attached hydrogens (tertiary/aromatic N) is 3. The molecule has 1 aromatic heterocycles. The SMILES string of the molecule is CCn1c(CNc2ccccc2C(=O)NCc2ccccc2)nc2cc(S(=O)(=O)N(C)C)ccc21. The number of para-hydroxylation sites is 1. The molecule has 0 aliphatic heterocycles. The number of amides is 1. The molecule has 1 amide bonds. The van der Waals surface area contributed by atoms with Crippen molar-refractivity contribution in [3.05, 3.63) is 89.7 Å². The first-order chi connectivity index (χ1) is 16.8. The van der Waals surface area contributed by atoms with E-state index in [2.05, 4.69) is 10.6 Å². The summed E-state index contributed by atoms with van der Waals surface area (Å²) >= 11 is 0. The Morgan fingerprint density at radius 3 is 2.40 bits per heavy atom. The molecule has 35 heavy (non-hydrogen) atoms. The van der Waals surface area contributed by atoms with Crippen LogP contribution in [0.25, 0.3) is 11.0 Å². The number of imidazole rings is 1. The summed E-state index contributed by atoms with van der Waals surface area (Å²) in [7, 11) is -0.537. The lowest BCUT2D eigenvalue weighted by Gasteiger charge is -2.13. The zero-order valence-electron chi connectivity index (χ0n) is 20.0. The highest BCUT2D eigenvalue weighted by molar-refractivity contribution is 7.89. The molecule has 3 aromatic carbocycles. The van der Waals surface area contributed by atoms with Gasteiger partial charge in [-0.25, -0.2) is 17.7 Å². The van der Waals surface area contributed by atoms with Crippen molar-refractivity contribution in [1.82, 2.24) is 19.2 Å². The predicted molar refractivity (Wildman–Crippen MR) is 138 cm³/mol. The van der Waals surface area contributed by atoms with Crippen molar-refractivity contribution < 1.29 is 13.2 Å². The summed E-state index contributed by atoms with van der Waals surface area (Å²) in [6, 6.07) is 22.1. The van der Waals surface area contributed by atoms with Crippen LogP contribution < -0.4 is 10.6 Å². The van der Waals surface area contributed by atoms with Crippen LogP contribution in [-0.2, 0) is 29.7 Å². The van der Waals surface area contributed by atoms with Crippen molar-refractivity contribution in [2.24, 2.45) is 0 Å². The van der Waals surface area contributed by atoms with Crippen molar-refractivity contribution >= 4 is 32.7 Å². The lowest BCUT2D eigenvalue weighted by atomic mass is 10.1. The zero-order chi connectivity index (χ0) is 25.0. The highest BCUT2D eigenvalue weighted by Crippen LogP contribution is 2.23. The monoisotopic (exact) mass is 491 g/mol. The summed E-state index contributed by atoms with van der Waals surface area (Å²) in [5.41, 5.74) is 3.74. The van der Waals surface area contributed by atoms with Crippen LogP contribution >= 0.6 is 0 Å². The third-order valence-electron chi connectivity index (χ3n) is 5.80. The van der Waals surface area contributed by atoms with Gasteiger partial charge >= 0.3 is 0 Å². The molecule has 0 saturated carbocycles. The summed E-state index contributed by atoms with van der Waals surface area (Å²) in [6.07, 6.45) is 0. The average molecular weight is 492 g/mol. The molecule has 0 atom stereocenters. The Morgan fingerprint density at radius 2 is 1.69 bits per heavy atom. The minimum atomic E-state index is -3.55. The van der Waals surface area contributed by atoms with E-state index in [9.17, 15) is 13.2 Å². The second-order valence-corrected chi connectivity index (χ2v) is 10.4. The van der Waals surface area contributed by atoms with Crippen molar-refractivity contribution in [2.75, 3.05) is 19.4 Å². The topological polar surface area (TPSA) is 96.3 Å². The second kappa shape index (κ2) is 10.3. The average Bonchev–Trinajstić information content (AvgIpc) is 3.23. The Hall–Kier alpha value is -3.69. The minimum Gasteiger partial charge on any atom is -0.377 e. The largest absolute Gasteiger partial charge is 0.377 e. The molecule has 2 N–H and O–H groups in total. The first-order valence-electron chi connectivity index (χ1n) is 11.4. The molecule has 1 heterocycles. The number of nitrogens with one attached hydrogen (secondary N) is 2. The van der Waals surface area contributed by atoms with Gasteiger partial charge in [0.1, 0.15) is 5.82 Å². The Labute approximate surface area is 205 Å². The summed E-state index contributed by atoms with van der Waals surface area (Å²) in [5.74, 6) is 0.584. The van der Waals surface area contributed by atoms with Gasteiger partial charge in [-0.3, -0.25) is 4.79 Å². The molecule has 182 valence electrons. The van der Waals surface area contributed by atoms with Crippen molar-refractivity contribution in [2.45, 2.75) is 31.5 Å². The van der Waals surface area contributed by atoms with E-state index in [0.717, 1.165) is 16.9 Å².